The predicted octanol–water partition coefficient (Wildman–Crippen LogP) is 4.33. The topological polar surface area (TPSA) is 93.1 Å². The number of hydrogen-bond acceptors (Lipinski definition) is 4. The van der Waals surface area contributed by atoms with Crippen molar-refractivity contribution in [2.45, 2.75) is 95.9 Å². The van der Waals surface area contributed by atoms with Crippen molar-refractivity contribution in [3.05, 3.63) is 0 Å². The smallest absolute Gasteiger partial charge is 0.303 e. The van der Waals surface area contributed by atoms with E-state index in [0.717, 1.165) is 6.42 Å². The van der Waals surface area contributed by atoms with Gasteiger partial charge in [-0.25, -0.2) is 0 Å². The van der Waals surface area contributed by atoms with Gasteiger partial charge in [0.05, 0.1) is 13.8 Å². The minimum atomic E-state index is -2.18. The predicted molar refractivity (Wildman–Crippen MR) is 112 cm³/mol. The summed E-state index contributed by atoms with van der Waals surface area (Å²) >= 11 is 0. The highest BCUT2D eigenvalue weighted by Gasteiger charge is 2.42. The molecule has 6 nitrogen and oxygen atoms in total. The zero-order valence-corrected chi connectivity index (χ0v) is 20.7. The first-order chi connectivity index (χ1) is 11.6. The van der Waals surface area contributed by atoms with E-state index in [0.29, 0.717) is 12.1 Å². The van der Waals surface area contributed by atoms with Crippen molar-refractivity contribution >= 4 is 36.6 Å². The zero-order chi connectivity index (χ0) is 20.8. The lowest BCUT2D eigenvalue weighted by atomic mass is 10.5. The third kappa shape index (κ3) is 9.45. The molecule has 0 amide bonds. The lowest BCUT2D eigenvalue weighted by Gasteiger charge is -2.41. The molecule has 0 aromatic carbocycles. The Labute approximate surface area is 161 Å². The molecule has 0 aliphatic rings. The van der Waals surface area contributed by atoms with Crippen LogP contribution in [0.25, 0.3) is 0 Å². The summed E-state index contributed by atoms with van der Waals surface area (Å²) in [5, 5.41) is 17.9. The maximum atomic E-state index is 10.9. The van der Waals surface area contributed by atoms with Crippen LogP contribution in [0.1, 0.15) is 33.1 Å². The van der Waals surface area contributed by atoms with Crippen molar-refractivity contribution in [2.24, 2.45) is 0 Å². The number of carboxylic acids is 2. The minimum absolute atomic E-state index is 0.0182. The SMILES string of the molecule is CCC(O[Si](C)(C)CCC(=O)O)[Si](C)(C)OC(C)[Si](C)(C)CCC(=O)O. The van der Waals surface area contributed by atoms with Gasteiger partial charge in [0.1, 0.15) is 0 Å². The molecule has 0 saturated carbocycles. The highest BCUT2D eigenvalue weighted by atomic mass is 28.4. The Bertz CT molecular complexity index is 479. The van der Waals surface area contributed by atoms with E-state index in [1.807, 2.05) is 0 Å². The van der Waals surface area contributed by atoms with E-state index < -0.39 is 36.6 Å². The molecule has 0 fully saturated rings. The maximum absolute atomic E-state index is 10.9. The van der Waals surface area contributed by atoms with Gasteiger partial charge in [-0.1, -0.05) is 20.0 Å². The maximum Gasteiger partial charge on any atom is 0.303 e. The molecule has 0 rings (SSSR count). The Morgan fingerprint density at radius 2 is 1.35 bits per heavy atom. The van der Waals surface area contributed by atoms with Crippen LogP contribution in [-0.4, -0.2) is 58.3 Å². The summed E-state index contributed by atoms with van der Waals surface area (Å²) in [5.41, 5.74) is 0.0784. The quantitative estimate of drug-likeness (QED) is 0.429. The van der Waals surface area contributed by atoms with Crippen LogP contribution in [0.3, 0.4) is 0 Å². The molecular weight excluding hydrogens is 384 g/mol. The molecular formula is C17H38O6Si3. The lowest BCUT2D eigenvalue weighted by Crippen LogP contribution is -2.56. The van der Waals surface area contributed by atoms with E-state index in [9.17, 15) is 9.59 Å². The third-order valence-corrected chi connectivity index (χ3v) is 14.9. The fourth-order valence-corrected chi connectivity index (χ4v) is 12.4. The largest absolute Gasteiger partial charge is 0.481 e. The van der Waals surface area contributed by atoms with Crippen LogP contribution in [0.4, 0.5) is 0 Å². The Kier molecular flexibility index (Phi) is 9.97. The molecule has 0 radical (unpaired) electrons. The molecule has 2 N–H and O–H groups in total. The van der Waals surface area contributed by atoms with E-state index in [1.54, 1.807) is 0 Å². The molecule has 0 heterocycles. The van der Waals surface area contributed by atoms with Crippen LogP contribution in [0.5, 0.6) is 0 Å². The Balaban J connectivity index is 5.01. The monoisotopic (exact) mass is 422 g/mol. The molecule has 0 aliphatic heterocycles. The zero-order valence-electron chi connectivity index (χ0n) is 17.7. The molecule has 0 aromatic heterocycles. The number of aliphatic carboxylic acids is 2. The van der Waals surface area contributed by atoms with Crippen molar-refractivity contribution in [2.75, 3.05) is 0 Å². The summed E-state index contributed by atoms with van der Waals surface area (Å²) in [7, 11) is -6.07. The van der Waals surface area contributed by atoms with Crippen molar-refractivity contribution in [1.29, 1.82) is 0 Å². The second-order valence-electron chi connectivity index (χ2n) is 8.91. The van der Waals surface area contributed by atoms with Gasteiger partial charge in [-0.15, -0.1) is 0 Å². The average molecular weight is 423 g/mol. The van der Waals surface area contributed by atoms with E-state index in [-0.39, 0.29) is 24.3 Å². The molecule has 0 spiro atoms. The van der Waals surface area contributed by atoms with Crippen molar-refractivity contribution < 1.29 is 28.7 Å². The van der Waals surface area contributed by atoms with Gasteiger partial charge in [0.25, 0.3) is 0 Å². The third-order valence-electron chi connectivity index (χ3n) is 5.11. The number of carbonyl (C=O) groups is 2. The van der Waals surface area contributed by atoms with Gasteiger partial charge in [0.2, 0.25) is 8.32 Å². The lowest BCUT2D eigenvalue weighted by molar-refractivity contribution is -0.137. The summed E-state index contributed by atoms with van der Waals surface area (Å²) in [6.45, 7) is 17.0. The highest BCUT2D eigenvalue weighted by Crippen LogP contribution is 2.28. The molecule has 154 valence electrons. The molecule has 0 bridgehead atoms. The summed E-state index contributed by atoms with van der Waals surface area (Å²) < 4.78 is 13.0. The van der Waals surface area contributed by atoms with Crippen LogP contribution in [0, 0.1) is 0 Å². The van der Waals surface area contributed by atoms with Crippen molar-refractivity contribution in [3.63, 3.8) is 0 Å². The second-order valence-corrected chi connectivity index (χ2v) is 22.5. The molecule has 2 unspecified atom stereocenters. The molecule has 2 atom stereocenters. The van der Waals surface area contributed by atoms with Crippen LogP contribution in [0.2, 0.25) is 51.4 Å². The van der Waals surface area contributed by atoms with Gasteiger partial charge >= 0.3 is 11.9 Å². The molecule has 26 heavy (non-hydrogen) atoms. The van der Waals surface area contributed by atoms with Gasteiger partial charge in [-0.3, -0.25) is 9.59 Å². The minimum Gasteiger partial charge on any atom is -0.481 e. The first kappa shape index (κ1) is 25.5. The Morgan fingerprint density at radius 1 is 0.885 bits per heavy atom. The van der Waals surface area contributed by atoms with E-state index >= 15 is 0 Å². The van der Waals surface area contributed by atoms with Gasteiger partial charge in [0.15, 0.2) is 8.32 Å². The van der Waals surface area contributed by atoms with Crippen molar-refractivity contribution in [3.8, 4) is 0 Å². The molecule has 9 heteroatoms. The van der Waals surface area contributed by atoms with Gasteiger partial charge < -0.3 is 19.1 Å². The van der Waals surface area contributed by atoms with Crippen LogP contribution < -0.4 is 0 Å². The van der Waals surface area contributed by atoms with Crippen LogP contribution in [-0.2, 0) is 18.4 Å². The summed E-state index contributed by atoms with van der Waals surface area (Å²) in [6.07, 6.45) is 1.17. The summed E-state index contributed by atoms with van der Waals surface area (Å²) in [4.78, 5) is 21.8. The van der Waals surface area contributed by atoms with Crippen LogP contribution >= 0.6 is 0 Å². The van der Waals surface area contributed by atoms with E-state index in [1.165, 1.54) is 0 Å². The second kappa shape index (κ2) is 10.2. The Hall–Kier alpha value is -0.489. The normalized spacial score (nSPS) is 15.5. The number of carboxylic acid groups (broad SMARTS) is 2. The number of rotatable bonds is 13. The first-order valence-electron chi connectivity index (χ1n) is 9.42. The van der Waals surface area contributed by atoms with E-state index in [2.05, 4.69) is 53.1 Å². The van der Waals surface area contributed by atoms with Gasteiger partial charge in [0, 0.05) is 18.6 Å². The highest BCUT2D eigenvalue weighted by molar-refractivity contribution is 6.81. The average Bonchev–Trinajstić information content (AvgIpc) is 2.48. The summed E-state index contributed by atoms with van der Waals surface area (Å²) in [5.74, 6) is -1.54. The fourth-order valence-electron chi connectivity index (χ4n) is 2.89. The fraction of sp³-hybridized carbons (Fsp3) is 0.882. The standard InChI is InChI=1S/C17H38O6Si3/c1-9-17(23-25(5,6)13-11-16(20)21)26(7,8)22-14(2)24(3,4)12-10-15(18)19/h14,17H,9-13H2,1-8H3,(H,18,19)(H,20,21). The first-order valence-corrected chi connectivity index (χ1v) is 18.8. The molecule has 0 aliphatic carbocycles. The summed E-state index contributed by atoms with van der Waals surface area (Å²) in [6, 6.07) is 1.29. The Morgan fingerprint density at radius 3 is 1.77 bits per heavy atom. The van der Waals surface area contributed by atoms with Gasteiger partial charge in [-0.05, 0) is 51.6 Å². The van der Waals surface area contributed by atoms with Gasteiger partial charge in [-0.2, -0.15) is 0 Å². The molecule has 0 saturated heterocycles. The van der Waals surface area contributed by atoms with Crippen LogP contribution in [0.15, 0.2) is 0 Å². The van der Waals surface area contributed by atoms with Crippen molar-refractivity contribution in [1.82, 2.24) is 0 Å². The van der Waals surface area contributed by atoms with E-state index in [4.69, 9.17) is 19.1 Å². The number of hydrogen-bond donors (Lipinski definition) is 2. The molecule has 0 aromatic rings.